The molecule has 1 fully saturated rings. The molecule has 0 spiro atoms. The molecule has 3 aromatic rings. The van der Waals surface area contributed by atoms with E-state index in [1.54, 1.807) is 18.2 Å². The first kappa shape index (κ1) is 17.6. The van der Waals surface area contributed by atoms with Crippen molar-refractivity contribution in [3.8, 4) is 28.3 Å². The number of hydrogen-bond donors (Lipinski definition) is 3. The van der Waals surface area contributed by atoms with Crippen molar-refractivity contribution < 1.29 is 10.2 Å². The summed E-state index contributed by atoms with van der Waals surface area (Å²) in [6.45, 7) is 1.83. The van der Waals surface area contributed by atoms with Gasteiger partial charge in [-0.1, -0.05) is 24.3 Å². The number of rotatable bonds is 3. The van der Waals surface area contributed by atoms with Crippen LogP contribution in [0.15, 0.2) is 42.5 Å². The lowest BCUT2D eigenvalue weighted by atomic mass is 9.77. The molecular weight excluding hydrogens is 362 g/mol. The van der Waals surface area contributed by atoms with Crippen LogP contribution < -0.4 is 5.32 Å². The van der Waals surface area contributed by atoms with Gasteiger partial charge in [0.1, 0.15) is 11.4 Å². The Hall–Kier alpha value is -2.81. The summed E-state index contributed by atoms with van der Waals surface area (Å²) in [5.74, 6) is 3.45. The molecule has 1 saturated carbocycles. The van der Waals surface area contributed by atoms with Crippen molar-refractivity contribution in [2.45, 2.75) is 31.4 Å². The molecule has 0 saturated heterocycles. The molecule has 27 heavy (non-hydrogen) atoms. The molecule has 6 heteroatoms. The second kappa shape index (κ2) is 6.73. The molecule has 136 valence electrons. The fraction of sp³-hybridized carbons (Fsp3) is 0.238. The number of anilines is 1. The standard InChI is InChI=1S/C21H18ClN3O2/c1-21(27)11-14(12-21)23-20-16-5-3-2-4-15(16)19(24-25-20)17-7-6-13(8-9-22)10-18(17)26/h2-7,10,14,26-27H,11-12H2,1H3,(H,23,25). The normalized spacial score (nSPS) is 21.2. The van der Waals surface area contributed by atoms with Gasteiger partial charge >= 0.3 is 0 Å². The SMILES string of the molecule is CC1(O)CC(Nc2nnc(-c3ccc(C#CCl)cc3O)c3ccccc23)C1. The molecular formula is C21H18ClN3O2. The van der Waals surface area contributed by atoms with Crippen molar-refractivity contribution in [1.29, 1.82) is 0 Å². The Labute approximate surface area is 162 Å². The number of nitrogens with one attached hydrogen (secondary N) is 1. The molecule has 2 aromatic carbocycles. The molecule has 0 amide bonds. The van der Waals surface area contributed by atoms with Gasteiger partial charge in [0.25, 0.3) is 0 Å². The van der Waals surface area contributed by atoms with E-state index in [0.717, 1.165) is 10.8 Å². The molecule has 5 nitrogen and oxygen atoms in total. The number of phenolic OH excluding ortho intramolecular Hbond substituents is 1. The Morgan fingerprint density at radius 3 is 2.56 bits per heavy atom. The zero-order valence-electron chi connectivity index (χ0n) is 14.7. The molecule has 1 heterocycles. The third kappa shape index (κ3) is 3.42. The number of halogens is 1. The summed E-state index contributed by atoms with van der Waals surface area (Å²) in [5.41, 5.74) is 1.19. The summed E-state index contributed by atoms with van der Waals surface area (Å²) in [6.07, 6.45) is 1.35. The van der Waals surface area contributed by atoms with Crippen molar-refractivity contribution in [2.75, 3.05) is 5.32 Å². The molecule has 0 atom stereocenters. The zero-order valence-corrected chi connectivity index (χ0v) is 15.5. The van der Waals surface area contributed by atoms with Crippen molar-refractivity contribution >= 4 is 28.2 Å². The number of nitrogens with zero attached hydrogens (tertiary/aromatic N) is 2. The monoisotopic (exact) mass is 379 g/mol. The second-order valence-electron chi connectivity index (χ2n) is 7.14. The van der Waals surface area contributed by atoms with E-state index in [-0.39, 0.29) is 11.8 Å². The van der Waals surface area contributed by atoms with E-state index >= 15 is 0 Å². The highest BCUT2D eigenvalue weighted by atomic mass is 35.5. The number of aliphatic hydroxyl groups is 1. The minimum atomic E-state index is -0.611. The summed E-state index contributed by atoms with van der Waals surface area (Å²) in [7, 11) is 0. The minimum Gasteiger partial charge on any atom is -0.507 e. The predicted molar refractivity (Wildman–Crippen MR) is 107 cm³/mol. The highest BCUT2D eigenvalue weighted by molar-refractivity contribution is 6.30. The molecule has 1 aliphatic carbocycles. The van der Waals surface area contributed by atoms with Crippen molar-refractivity contribution in [1.82, 2.24) is 10.2 Å². The lowest BCUT2D eigenvalue weighted by Crippen LogP contribution is -2.48. The van der Waals surface area contributed by atoms with E-state index in [1.807, 2.05) is 31.2 Å². The van der Waals surface area contributed by atoms with Crippen LogP contribution in [0.2, 0.25) is 0 Å². The lowest BCUT2D eigenvalue weighted by molar-refractivity contribution is -0.0235. The van der Waals surface area contributed by atoms with Crippen LogP contribution in [0.3, 0.4) is 0 Å². The molecule has 0 aliphatic heterocycles. The fourth-order valence-electron chi connectivity index (χ4n) is 3.57. The molecule has 0 radical (unpaired) electrons. The maximum atomic E-state index is 10.4. The number of fused-ring (bicyclic) bond motifs is 1. The maximum absolute atomic E-state index is 10.4. The summed E-state index contributed by atoms with van der Waals surface area (Å²) < 4.78 is 0. The number of aromatic nitrogens is 2. The van der Waals surface area contributed by atoms with E-state index in [9.17, 15) is 10.2 Å². The van der Waals surface area contributed by atoms with Crippen LogP contribution >= 0.6 is 11.6 Å². The van der Waals surface area contributed by atoms with Crippen LogP contribution in [0, 0.1) is 11.3 Å². The zero-order chi connectivity index (χ0) is 19.0. The molecule has 0 unspecified atom stereocenters. The van der Waals surface area contributed by atoms with E-state index in [2.05, 4.69) is 26.8 Å². The molecule has 0 bridgehead atoms. The first-order valence-corrected chi connectivity index (χ1v) is 9.04. The first-order valence-electron chi connectivity index (χ1n) is 8.66. The topological polar surface area (TPSA) is 78.3 Å². The van der Waals surface area contributed by atoms with Gasteiger partial charge in [-0.25, -0.2) is 0 Å². The number of benzene rings is 2. The van der Waals surface area contributed by atoms with Gasteiger partial charge < -0.3 is 15.5 Å². The van der Waals surface area contributed by atoms with Crippen molar-refractivity contribution in [3.05, 3.63) is 48.0 Å². The van der Waals surface area contributed by atoms with Gasteiger partial charge in [0.15, 0.2) is 5.82 Å². The Morgan fingerprint density at radius 1 is 1.15 bits per heavy atom. The molecule has 1 aromatic heterocycles. The van der Waals surface area contributed by atoms with Gasteiger partial charge in [0, 0.05) is 33.3 Å². The van der Waals surface area contributed by atoms with Gasteiger partial charge in [-0.15, -0.1) is 10.2 Å². The number of aromatic hydroxyl groups is 1. The molecule has 4 rings (SSSR count). The van der Waals surface area contributed by atoms with Gasteiger partial charge in [-0.2, -0.15) is 0 Å². The van der Waals surface area contributed by atoms with Crippen molar-refractivity contribution in [3.63, 3.8) is 0 Å². The van der Waals surface area contributed by atoms with E-state index in [0.29, 0.717) is 35.5 Å². The van der Waals surface area contributed by atoms with Crippen LogP contribution in [0.1, 0.15) is 25.3 Å². The highest BCUT2D eigenvalue weighted by Crippen LogP contribution is 2.37. The summed E-state index contributed by atoms with van der Waals surface area (Å²) in [6, 6.07) is 13.1. The van der Waals surface area contributed by atoms with Crippen molar-refractivity contribution in [2.24, 2.45) is 0 Å². The maximum Gasteiger partial charge on any atom is 0.156 e. The molecule has 1 aliphatic rings. The second-order valence-corrected chi connectivity index (χ2v) is 7.33. The van der Waals surface area contributed by atoms with Gasteiger partial charge in [-0.3, -0.25) is 0 Å². The van der Waals surface area contributed by atoms with Crippen LogP contribution in [-0.2, 0) is 0 Å². The quantitative estimate of drug-likeness (QED) is 0.602. The Morgan fingerprint density at radius 2 is 1.89 bits per heavy atom. The Balaban J connectivity index is 1.75. The Kier molecular flexibility index (Phi) is 4.39. The highest BCUT2D eigenvalue weighted by Gasteiger charge is 2.38. The Bertz CT molecular complexity index is 1080. The third-order valence-electron chi connectivity index (χ3n) is 4.84. The van der Waals surface area contributed by atoms with E-state index < -0.39 is 5.60 Å². The largest absolute Gasteiger partial charge is 0.507 e. The first-order chi connectivity index (χ1) is 13.0. The average molecular weight is 380 g/mol. The number of hydrogen-bond acceptors (Lipinski definition) is 5. The fourth-order valence-corrected chi connectivity index (χ4v) is 3.68. The summed E-state index contributed by atoms with van der Waals surface area (Å²) in [4.78, 5) is 0. The van der Waals surface area contributed by atoms with Crippen LogP contribution in [0.25, 0.3) is 22.0 Å². The van der Waals surface area contributed by atoms with Gasteiger partial charge in [-0.05, 0) is 55.5 Å². The summed E-state index contributed by atoms with van der Waals surface area (Å²) >= 11 is 5.43. The lowest BCUT2D eigenvalue weighted by Gasteiger charge is -2.41. The number of phenols is 1. The van der Waals surface area contributed by atoms with Gasteiger partial charge in [0.2, 0.25) is 0 Å². The predicted octanol–water partition coefficient (Wildman–Crippen LogP) is 3.88. The average Bonchev–Trinajstić information content (AvgIpc) is 2.61. The van der Waals surface area contributed by atoms with Crippen LogP contribution in [0.5, 0.6) is 5.75 Å². The van der Waals surface area contributed by atoms with E-state index in [1.165, 1.54) is 0 Å². The van der Waals surface area contributed by atoms with Crippen LogP contribution in [-0.4, -0.2) is 32.1 Å². The van der Waals surface area contributed by atoms with Crippen LogP contribution in [0.4, 0.5) is 5.82 Å². The summed E-state index contributed by atoms with van der Waals surface area (Å²) in [5, 5.41) is 36.5. The minimum absolute atomic E-state index is 0.0714. The van der Waals surface area contributed by atoms with E-state index in [4.69, 9.17) is 11.6 Å². The van der Waals surface area contributed by atoms with Gasteiger partial charge in [0.05, 0.1) is 5.60 Å². The third-order valence-corrected chi connectivity index (χ3v) is 4.94. The smallest absolute Gasteiger partial charge is 0.156 e. The molecule has 3 N–H and O–H groups in total.